The van der Waals surface area contributed by atoms with Crippen LogP contribution in [0.15, 0.2) is 30.0 Å². The Hall–Kier alpha value is -1.35. The topological polar surface area (TPSA) is 29.5 Å². The monoisotopic (exact) mass is 346 g/mol. The summed E-state index contributed by atoms with van der Waals surface area (Å²) in [6.45, 7) is 0.00402. The lowest BCUT2D eigenvalue weighted by Crippen LogP contribution is -2.23. The van der Waals surface area contributed by atoms with Crippen LogP contribution >= 0.6 is 0 Å². The summed E-state index contributed by atoms with van der Waals surface area (Å²) in [6, 6.07) is 5.64. The van der Waals surface area contributed by atoms with Gasteiger partial charge >= 0.3 is 0 Å². The molecule has 0 spiro atoms. The molecule has 0 heterocycles. The molecule has 1 aromatic rings. The summed E-state index contributed by atoms with van der Waals surface area (Å²) >= 11 is 0. The summed E-state index contributed by atoms with van der Waals surface area (Å²) in [7, 11) is 1.74. The molecule has 3 heteroatoms. The van der Waals surface area contributed by atoms with Crippen molar-refractivity contribution in [2.45, 2.75) is 63.7 Å². The van der Waals surface area contributed by atoms with Crippen LogP contribution in [0.4, 0.5) is 4.39 Å². The highest BCUT2D eigenvalue weighted by Gasteiger charge is 2.30. The lowest BCUT2D eigenvalue weighted by Gasteiger charge is -2.36. The van der Waals surface area contributed by atoms with Gasteiger partial charge in [-0.25, -0.2) is 4.39 Å². The Morgan fingerprint density at radius 2 is 1.76 bits per heavy atom. The lowest BCUT2D eigenvalue weighted by molar-refractivity contribution is 0.197. The Balaban J connectivity index is 1.52. The van der Waals surface area contributed by atoms with Crippen molar-refractivity contribution in [3.8, 4) is 0 Å². The number of benzene rings is 1. The summed E-state index contributed by atoms with van der Waals surface area (Å²) in [5.41, 5.74) is 3.24. The maximum absolute atomic E-state index is 14.1. The number of hydrogen-bond acceptors (Lipinski definition) is 2. The minimum Gasteiger partial charge on any atom is -0.504 e. The van der Waals surface area contributed by atoms with Crippen LogP contribution in [-0.4, -0.2) is 18.8 Å². The van der Waals surface area contributed by atoms with Gasteiger partial charge in [0.2, 0.25) is 0 Å². The van der Waals surface area contributed by atoms with E-state index in [9.17, 15) is 4.39 Å². The van der Waals surface area contributed by atoms with Gasteiger partial charge in [-0.1, -0.05) is 12.1 Å². The first-order valence-electron chi connectivity index (χ1n) is 9.81. The molecule has 0 atom stereocenters. The van der Waals surface area contributed by atoms with Crippen LogP contribution in [0, 0.1) is 17.7 Å². The van der Waals surface area contributed by atoms with Crippen LogP contribution in [0.2, 0.25) is 0 Å². The van der Waals surface area contributed by atoms with E-state index >= 15 is 0 Å². The molecule has 2 nitrogen and oxygen atoms in total. The Morgan fingerprint density at radius 1 is 1.08 bits per heavy atom. The third kappa shape index (κ3) is 4.63. The third-order valence-corrected chi connectivity index (χ3v) is 6.33. The van der Waals surface area contributed by atoms with E-state index in [0.717, 1.165) is 17.4 Å². The maximum atomic E-state index is 14.1. The van der Waals surface area contributed by atoms with Crippen molar-refractivity contribution < 1.29 is 14.2 Å². The molecule has 0 aliphatic heterocycles. The fourth-order valence-electron chi connectivity index (χ4n) is 4.83. The van der Waals surface area contributed by atoms with Gasteiger partial charge in [0.15, 0.2) is 0 Å². The Morgan fingerprint density at radius 3 is 2.36 bits per heavy atom. The zero-order valence-electron chi connectivity index (χ0n) is 15.3. The Labute approximate surface area is 151 Å². The first-order chi connectivity index (χ1) is 12.2. The first-order valence-corrected chi connectivity index (χ1v) is 9.81. The molecule has 1 N–H and O–H groups in total. The number of hydrogen-bond donors (Lipinski definition) is 1. The highest BCUT2D eigenvalue weighted by Crippen LogP contribution is 2.43. The summed E-state index contributed by atoms with van der Waals surface area (Å²) < 4.78 is 19.3. The standard InChI is InChI=1S/C22H31FO2/c1-25-15-16-2-4-17(5-3-16)18-6-8-19(9-7-18)21-11-10-20(12-13-24)22(23)14-21/h10-11,14-15,17-19,24H,2-9,12-13H2,1H3. The highest BCUT2D eigenvalue weighted by molar-refractivity contribution is 5.27. The van der Waals surface area contributed by atoms with Crippen molar-refractivity contribution in [1.82, 2.24) is 0 Å². The number of aliphatic hydroxyl groups is 1. The van der Waals surface area contributed by atoms with Gasteiger partial charge in [-0.15, -0.1) is 0 Å². The average molecular weight is 346 g/mol. The number of allylic oxidation sites excluding steroid dienone is 1. The minimum atomic E-state index is -0.154. The van der Waals surface area contributed by atoms with Gasteiger partial charge in [0, 0.05) is 6.61 Å². The average Bonchev–Trinajstić information content (AvgIpc) is 2.65. The van der Waals surface area contributed by atoms with Crippen molar-refractivity contribution in [3.05, 3.63) is 47.0 Å². The number of halogens is 1. The van der Waals surface area contributed by atoms with Gasteiger partial charge in [0.1, 0.15) is 5.82 Å². The second kappa shape index (κ2) is 8.84. The SMILES string of the molecule is COC=C1CCC(C2CCC(c3ccc(CCO)c(F)c3)CC2)CC1. The molecule has 3 rings (SSSR count). The van der Waals surface area contributed by atoms with Gasteiger partial charge in [0.25, 0.3) is 0 Å². The van der Waals surface area contributed by atoms with E-state index in [4.69, 9.17) is 9.84 Å². The molecule has 25 heavy (non-hydrogen) atoms. The molecule has 0 unspecified atom stereocenters. The van der Waals surface area contributed by atoms with Gasteiger partial charge in [-0.05, 0) is 98.3 Å². The minimum absolute atomic E-state index is 0.00402. The molecule has 138 valence electrons. The van der Waals surface area contributed by atoms with Crippen LogP contribution in [0.3, 0.4) is 0 Å². The van der Waals surface area contributed by atoms with E-state index in [1.165, 1.54) is 56.9 Å². The van der Waals surface area contributed by atoms with E-state index in [2.05, 4.69) is 6.07 Å². The van der Waals surface area contributed by atoms with Gasteiger partial charge in [-0.3, -0.25) is 0 Å². The molecular weight excluding hydrogens is 315 g/mol. The summed E-state index contributed by atoms with van der Waals surface area (Å²) in [4.78, 5) is 0. The van der Waals surface area contributed by atoms with E-state index in [1.807, 2.05) is 12.3 Å². The van der Waals surface area contributed by atoms with Crippen molar-refractivity contribution in [2.24, 2.45) is 11.8 Å². The molecule has 1 aromatic carbocycles. The van der Waals surface area contributed by atoms with E-state index in [0.29, 0.717) is 17.9 Å². The van der Waals surface area contributed by atoms with Crippen LogP contribution in [0.25, 0.3) is 0 Å². The predicted molar refractivity (Wildman–Crippen MR) is 98.9 cm³/mol. The highest BCUT2D eigenvalue weighted by atomic mass is 19.1. The van der Waals surface area contributed by atoms with Gasteiger partial charge < -0.3 is 9.84 Å². The van der Waals surface area contributed by atoms with Crippen molar-refractivity contribution in [2.75, 3.05) is 13.7 Å². The number of aliphatic hydroxyl groups excluding tert-OH is 1. The number of rotatable bonds is 5. The third-order valence-electron chi connectivity index (χ3n) is 6.33. The van der Waals surface area contributed by atoms with Crippen molar-refractivity contribution in [1.29, 1.82) is 0 Å². The van der Waals surface area contributed by atoms with Crippen molar-refractivity contribution in [3.63, 3.8) is 0 Å². The van der Waals surface area contributed by atoms with Crippen LogP contribution in [0.5, 0.6) is 0 Å². The Bertz CT molecular complexity index is 578. The second-order valence-electron chi connectivity index (χ2n) is 7.79. The first kappa shape index (κ1) is 18.4. The normalized spacial score (nSPS) is 27.2. The smallest absolute Gasteiger partial charge is 0.126 e. The molecule has 0 amide bonds. The van der Waals surface area contributed by atoms with E-state index in [1.54, 1.807) is 13.2 Å². The molecule has 0 aromatic heterocycles. The Kier molecular flexibility index (Phi) is 6.52. The summed E-state index contributed by atoms with van der Waals surface area (Å²) in [6.07, 6.45) is 12.2. The number of ether oxygens (including phenoxy) is 1. The molecule has 0 bridgehead atoms. The summed E-state index contributed by atoms with van der Waals surface area (Å²) in [5.74, 6) is 2.05. The number of methoxy groups -OCH3 is 1. The van der Waals surface area contributed by atoms with E-state index < -0.39 is 0 Å². The molecule has 2 fully saturated rings. The fourth-order valence-corrected chi connectivity index (χ4v) is 4.83. The van der Waals surface area contributed by atoms with Crippen LogP contribution in [-0.2, 0) is 11.2 Å². The summed E-state index contributed by atoms with van der Waals surface area (Å²) in [5, 5.41) is 8.98. The molecule has 0 saturated heterocycles. The molecule has 2 saturated carbocycles. The molecular formula is C22H31FO2. The zero-order valence-corrected chi connectivity index (χ0v) is 15.3. The van der Waals surface area contributed by atoms with Gasteiger partial charge in [0.05, 0.1) is 13.4 Å². The molecule has 2 aliphatic carbocycles. The van der Waals surface area contributed by atoms with E-state index in [-0.39, 0.29) is 12.4 Å². The maximum Gasteiger partial charge on any atom is 0.126 e. The van der Waals surface area contributed by atoms with Crippen molar-refractivity contribution >= 4 is 0 Å². The quantitative estimate of drug-likeness (QED) is 0.728. The van der Waals surface area contributed by atoms with Gasteiger partial charge in [-0.2, -0.15) is 0 Å². The second-order valence-corrected chi connectivity index (χ2v) is 7.79. The largest absolute Gasteiger partial charge is 0.504 e. The molecule has 0 radical (unpaired) electrons. The lowest BCUT2D eigenvalue weighted by atomic mass is 9.69. The zero-order chi connectivity index (χ0) is 17.6. The van der Waals surface area contributed by atoms with Crippen LogP contribution < -0.4 is 0 Å². The fraction of sp³-hybridized carbons (Fsp3) is 0.636. The van der Waals surface area contributed by atoms with Crippen LogP contribution in [0.1, 0.15) is 68.4 Å². The molecule has 2 aliphatic rings. The predicted octanol–water partition coefficient (Wildman–Crippen LogP) is 5.35.